The summed E-state index contributed by atoms with van der Waals surface area (Å²) in [6.07, 6.45) is 4.26. The zero-order valence-electron chi connectivity index (χ0n) is 12.5. The van der Waals surface area contributed by atoms with Crippen molar-refractivity contribution in [2.75, 3.05) is 13.1 Å². The third-order valence-electron chi connectivity index (χ3n) is 4.41. The lowest BCUT2D eigenvalue weighted by Crippen LogP contribution is -2.48. The summed E-state index contributed by atoms with van der Waals surface area (Å²) < 4.78 is 0. The van der Waals surface area contributed by atoms with E-state index in [1.54, 1.807) is 0 Å². The second-order valence-corrected chi connectivity index (χ2v) is 6.08. The van der Waals surface area contributed by atoms with Gasteiger partial charge in [0.15, 0.2) is 0 Å². The van der Waals surface area contributed by atoms with Gasteiger partial charge < -0.3 is 10.6 Å². The van der Waals surface area contributed by atoms with Crippen molar-refractivity contribution < 1.29 is 4.79 Å². The van der Waals surface area contributed by atoms with Gasteiger partial charge in [0, 0.05) is 19.1 Å². The summed E-state index contributed by atoms with van der Waals surface area (Å²) in [4.78, 5) is 14.6. The first kappa shape index (κ1) is 15.5. The van der Waals surface area contributed by atoms with Crippen LogP contribution in [0.4, 0.5) is 0 Å². The molecule has 2 N–H and O–H groups in total. The van der Waals surface area contributed by atoms with Gasteiger partial charge in [0.2, 0.25) is 5.91 Å². The van der Waals surface area contributed by atoms with Crippen molar-refractivity contribution in [1.29, 1.82) is 0 Å². The van der Waals surface area contributed by atoms with Gasteiger partial charge in [0.25, 0.3) is 0 Å². The Hall–Kier alpha value is -0.570. The standard InChI is InChI=1S/C15H30N2O/c1-5-11(3)10-17(6-2)15(18)13-9-12(4)7-8-14(13)16/h11-14H,5-10,16H2,1-4H3. The molecular formula is C15H30N2O. The predicted molar refractivity (Wildman–Crippen MR) is 76.2 cm³/mol. The minimum atomic E-state index is 0.0535. The van der Waals surface area contributed by atoms with E-state index >= 15 is 0 Å². The van der Waals surface area contributed by atoms with Crippen LogP contribution < -0.4 is 5.73 Å². The molecule has 4 unspecified atom stereocenters. The lowest BCUT2D eigenvalue weighted by atomic mass is 9.78. The summed E-state index contributed by atoms with van der Waals surface area (Å²) >= 11 is 0. The Morgan fingerprint density at radius 3 is 2.61 bits per heavy atom. The zero-order chi connectivity index (χ0) is 13.7. The molecule has 1 fully saturated rings. The average Bonchev–Trinajstić information content (AvgIpc) is 2.37. The maximum Gasteiger partial charge on any atom is 0.227 e. The number of rotatable bonds is 5. The highest BCUT2D eigenvalue weighted by molar-refractivity contribution is 5.79. The van der Waals surface area contributed by atoms with E-state index in [9.17, 15) is 4.79 Å². The van der Waals surface area contributed by atoms with Crippen molar-refractivity contribution in [2.24, 2.45) is 23.5 Å². The van der Waals surface area contributed by atoms with E-state index in [2.05, 4.69) is 27.7 Å². The maximum absolute atomic E-state index is 12.6. The molecule has 1 saturated carbocycles. The number of nitrogens with zero attached hydrogens (tertiary/aromatic N) is 1. The lowest BCUT2D eigenvalue weighted by Gasteiger charge is -2.35. The van der Waals surface area contributed by atoms with Crippen LogP contribution in [0.2, 0.25) is 0 Å². The molecule has 18 heavy (non-hydrogen) atoms. The summed E-state index contributed by atoms with van der Waals surface area (Å²) in [5, 5.41) is 0. The fourth-order valence-electron chi connectivity index (χ4n) is 2.80. The Morgan fingerprint density at radius 2 is 2.06 bits per heavy atom. The first-order valence-electron chi connectivity index (χ1n) is 7.53. The smallest absolute Gasteiger partial charge is 0.227 e. The molecule has 0 spiro atoms. The Bertz CT molecular complexity index is 267. The first-order chi connectivity index (χ1) is 8.49. The van der Waals surface area contributed by atoms with Gasteiger partial charge in [0.05, 0.1) is 5.92 Å². The van der Waals surface area contributed by atoms with Crippen LogP contribution in [0.25, 0.3) is 0 Å². The molecule has 0 radical (unpaired) electrons. The lowest BCUT2D eigenvalue weighted by molar-refractivity contribution is -0.138. The summed E-state index contributed by atoms with van der Waals surface area (Å²) in [5.41, 5.74) is 6.15. The van der Waals surface area contributed by atoms with Crippen molar-refractivity contribution in [2.45, 2.75) is 59.4 Å². The molecule has 1 aliphatic carbocycles. The highest BCUT2D eigenvalue weighted by atomic mass is 16.2. The van der Waals surface area contributed by atoms with Gasteiger partial charge >= 0.3 is 0 Å². The van der Waals surface area contributed by atoms with Crippen LogP contribution in [-0.4, -0.2) is 29.9 Å². The number of nitrogens with two attached hydrogens (primary N) is 1. The molecule has 0 bridgehead atoms. The van der Waals surface area contributed by atoms with Crippen molar-refractivity contribution >= 4 is 5.91 Å². The maximum atomic E-state index is 12.6. The molecule has 0 aromatic heterocycles. The topological polar surface area (TPSA) is 46.3 Å². The second-order valence-electron chi connectivity index (χ2n) is 6.08. The molecule has 3 heteroatoms. The average molecular weight is 254 g/mol. The summed E-state index contributed by atoms with van der Waals surface area (Å²) in [5.74, 6) is 1.56. The molecule has 1 rings (SSSR count). The van der Waals surface area contributed by atoms with E-state index in [4.69, 9.17) is 5.73 Å². The third kappa shape index (κ3) is 3.98. The first-order valence-corrected chi connectivity index (χ1v) is 7.53. The molecule has 0 heterocycles. The molecule has 0 aliphatic heterocycles. The van der Waals surface area contributed by atoms with E-state index in [0.717, 1.165) is 32.4 Å². The van der Waals surface area contributed by atoms with E-state index in [-0.39, 0.29) is 17.9 Å². The van der Waals surface area contributed by atoms with Crippen LogP contribution >= 0.6 is 0 Å². The molecular weight excluding hydrogens is 224 g/mol. The Labute approximate surface area is 112 Å². The van der Waals surface area contributed by atoms with Crippen LogP contribution in [-0.2, 0) is 4.79 Å². The van der Waals surface area contributed by atoms with Gasteiger partial charge in [-0.2, -0.15) is 0 Å². The molecule has 4 atom stereocenters. The van der Waals surface area contributed by atoms with Crippen LogP contribution in [0.15, 0.2) is 0 Å². The van der Waals surface area contributed by atoms with Crippen LogP contribution in [0.3, 0.4) is 0 Å². The van der Waals surface area contributed by atoms with Crippen molar-refractivity contribution in [3.8, 4) is 0 Å². The molecule has 3 nitrogen and oxygen atoms in total. The Kier molecular flexibility index (Phi) is 6.13. The highest BCUT2D eigenvalue weighted by Gasteiger charge is 2.33. The van der Waals surface area contributed by atoms with E-state index in [1.807, 2.05) is 4.90 Å². The van der Waals surface area contributed by atoms with Gasteiger partial charge in [-0.25, -0.2) is 0 Å². The fourth-order valence-corrected chi connectivity index (χ4v) is 2.80. The molecule has 0 aromatic carbocycles. The monoisotopic (exact) mass is 254 g/mol. The summed E-state index contributed by atoms with van der Waals surface area (Å²) in [6.45, 7) is 10.4. The number of hydrogen-bond donors (Lipinski definition) is 1. The minimum Gasteiger partial charge on any atom is -0.342 e. The SMILES string of the molecule is CCC(C)CN(CC)C(=O)C1CC(C)CCC1N. The van der Waals surface area contributed by atoms with E-state index in [0.29, 0.717) is 11.8 Å². The third-order valence-corrected chi connectivity index (χ3v) is 4.41. The highest BCUT2D eigenvalue weighted by Crippen LogP contribution is 2.29. The fraction of sp³-hybridized carbons (Fsp3) is 0.933. The number of amides is 1. The van der Waals surface area contributed by atoms with Crippen molar-refractivity contribution in [3.05, 3.63) is 0 Å². The Balaban J connectivity index is 2.64. The van der Waals surface area contributed by atoms with Gasteiger partial charge in [0.1, 0.15) is 0 Å². The number of carbonyl (C=O) groups excluding carboxylic acids is 1. The van der Waals surface area contributed by atoms with Crippen LogP contribution in [0.1, 0.15) is 53.4 Å². The van der Waals surface area contributed by atoms with Crippen LogP contribution in [0, 0.1) is 17.8 Å². The predicted octanol–water partition coefficient (Wildman–Crippen LogP) is 2.64. The second kappa shape index (κ2) is 7.13. The number of hydrogen-bond acceptors (Lipinski definition) is 2. The van der Waals surface area contributed by atoms with E-state index in [1.165, 1.54) is 6.42 Å². The molecule has 0 aromatic rings. The quantitative estimate of drug-likeness (QED) is 0.820. The number of carbonyl (C=O) groups is 1. The molecule has 106 valence electrons. The normalized spacial score (nSPS) is 29.9. The summed E-state index contributed by atoms with van der Waals surface area (Å²) in [6, 6.07) is 0.0692. The van der Waals surface area contributed by atoms with Gasteiger partial charge in [-0.3, -0.25) is 4.79 Å². The van der Waals surface area contributed by atoms with Gasteiger partial charge in [-0.05, 0) is 38.0 Å². The minimum absolute atomic E-state index is 0.0535. The van der Waals surface area contributed by atoms with Crippen molar-refractivity contribution in [3.63, 3.8) is 0 Å². The molecule has 0 saturated heterocycles. The van der Waals surface area contributed by atoms with Crippen LogP contribution in [0.5, 0.6) is 0 Å². The molecule has 1 amide bonds. The van der Waals surface area contributed by atoms with Gasteiger partial charge in [-0.15, -0.1) is 0 Å². The van der Waals surface area contributed by atoms with Crippen molar-refractivity contribution in [1.82, 2.24) is 4.90 Å². The zero-order valence-corrected chi connectivity index (χ0v) is 12.5. The van der Waals surface area contributed by atoms with E-state index < -0.39 is 0 Å². The molecule has 1 aliphatic rings. The van der Waals surface area contributed by atoms with Gasteiger partial charge in [-0.1, -0.05) is 27.2 Å². The summed E-state index contributed by atoms with van der Waals surface area (Å²) in [7, 11) is 0. The largest absolute Gasteiger partial charge is 0.342 e. The Morgan fingerprint density at radius 1 is 1.39 bits per heavy atom.